The van der Waals surface area contributed by atoms with Crippen LogP contribution in [0.2, 0.25) is 0 Å². The van der Waals surface area contributed by atoms with Crippen LogP contribution in [0.15, 0.2) is 22.8 Å². The first-order valence-electron chi connectivity index (χ1n) is 6.62. The molecule has 2 heterocycles. The van der Waals surface area contributed by atoms with Gasteiger partial charge in [0.15, 0.2) is 5.76 Å². The number of hydrogen-bond acceptors (Lipinski definition) is 3. The number of carboxylic acids is 1. The largest absolute Gasteiger partial charge is 0.481 e. The van der Waals surface area contributed by atoms with Crippen molar-refractivity contribution in [3.63, 3.8) is 0 Å². The van der Waals surface area contributed by atoms with E-state index in [0.29, 0.717) is 12.3 Å². The Bertz CT molecular complexity index is 440. The van der Waals surface area contributed by atoms with Crippen molar-refractivity contribution in [2.24, 2.45) is 11.8 Å². The molecule has 1 amide bonds. The van der Waals surface area contributed by atoms with E-state index in [0.717, 1.165) is 19.4 Å². The van der Waals surface area contributed by atoms with Gasteiger partial charge < -0.3 is 14.4 Å². The zero-order chi connectivity index (χ0) is 13.8. The number of furan rings is 1. The second kappa shape index (κ2) is 5.91. The molecule has 5 nitrogen and oxygen atoms in total. The quantitative estimate of drug-likeness (QED) is 0.906. The van der Waals surface area contributed by atoms with E-state index in [1.165, 1.54) is 6.26 Å². The Morgan fingerprint density at radius 1 is 1.58 bits per heavy atom. The number of hydrogen-bond donors (Lipinski definition) is 1. The number of rotatable bonds is 4. The zero-order valence-electron chi connectivity index (χ0n) is 11.0. The van der Waals surface area contributed by atoms with Gasteiger partial charge in [0, 0.05) is 19.5 Å². The predicted octanol–water partition coefficient (Wildman–Crippen LogP) is 2.24. The summed E-state index contributed by atoms with van der Waals surface area (Å²) in [7, 11) is 0. The lowest BCUT2D eigenvalue weighted by atomic mass is 9.84. The molecule has 2 rings (SSSR count). The van der Waals surface area contributed by atoms with Gasteiger partial charge in [0.25, 0.3) is 5.91 Å². The topological polar surface area (TPSA) is 70.8 Å². The van der Waals surface area contributed by atoms with E-state index in [1.807, 2.05) is 6.92 Å². The van der Waals surface area contributed by atoms with Crippen LogP contribution < -0.4 is 0 Å². The Hall–Kier alpha value is -1.78. The van der Waals surface area contributed by atoms with Crippen LogP contribution in [0.4, 0.5) is 0 Å². The summed E-state index contributed by atoms with van der Waals surface area (Å²) >= 11 is 0. The molecule has 19 heavy (non-hydrogen) atoms. The second-order valence-electron chi connectivity index (χ2n) is 5.21. The summed E-state index contributed by atoms with van der Waals surface area (Å²) in [5.74, 6) is -0.181. The number of carbonyl (C=O) groups excluding carboxylic acids is 1. The maximum Gasteiger partial charge on any atom is 0.303 e. The highest BCUT2D eigenvalue weighted by atomic mass is 16.4. The van der Waals surface area contributed by atoms with Crippen molar-refractivity contribution in [1.29, 1.82) is 0 Å². The average molecular weight is 265 g/mol. The molecule has 0 aliphatic carbocycles. The highest BCUT2D eigenvalue weighted by molar-refractivity contribution is 5.91. The molecule has 0 aromatic carbocycles. The van der Waals surface area contributed by atoms with Gasteiger partial charge in [-0.25, -0.2) is 0 Å². The smallest absolute Gasteiger partial charge is 0.303 e. The number of carboxylic acid groups (broad SMARTS) is 1. The first-order valence-corrected chi connectivity index (χ1v) is 6.62. The molecule has 1 aliphatic rings. The number of carbonyl (C=O) groups is 2. The lowest BCUT2D eigenvalue weighted by molar-refractivity contribution is -0.138. The zero-order valence-corrected chi connectivity index (χ0v) is 11.0. The van der Waals surface area contributed by atoms with E-state index in [1.54, 1.807) is 17.0 Å². The van der Waals surface area contributed by atoms with Crippen LogP contribution in [0, 0.1) is 11.8 Å². The first kappa shape index (κ1) is 13.6. The van der Waals surface area contributed by atoms with Gasteiger partial charge >= 0.3 is 5.97 Å². The third-order valence-electron chi connectivity index (χ3n) is 3.78. The summed E-state index contributed by atoms with van der Waals surface area (Å²) < 4.78 is 5.12. The molecule has 0 bridgehead atoms. The lowest BCUT2D eigenvalue weighted by Gasteiger charge is -2.35. The van der Waals surface area contributed by atoms with E-state index >= 15 is 0 Å². The minimum Gasteiger partial charge on any atom is -0.481 e. The Labute approximate surface area is 112 Å². The SMILES string of the molecule is CC(CC(=O)O)C1CCCN(C(=O)c2ccco2)C1. The number of aliphatic carboxylic acids is 1. The van der Waals surface area contributed by atoms with Crippen LogP contribution in [0.3, 0.4) is 0 Å². The Morgan fingerprint density at radius 2 is 2.37 bits per heavy atom. The highest BCUT2D eigenvalue weighted by Gasteiger charge is 2.29. The summed E-state index contributed by atoms with van der Waals surface area (Å²) in [6.45, 7) is 3.28. The molecule has 2 unspecified atom stereocenters. The maximum atomic E-state index is 12.2. The molecule has 1 saturated heterocycles. The number of piperidine rings is 1. The van der Waals surface area contributed by atoms with E-state index in [-0.39, 0.29) is 24.2 Å². The van der Waals surface area contributed by atoms with E-state index in [9.17, 15) is 9.59 Å². The lowest BCUT2D eigenvalue weighted by Crippen LogP contribution is -2.41. The van der Waals surface area contributed by atoms with Crippen molar-refractivity contribution < 1.29 is 19.1 Å². The fraction of sp³-hybridized carbons (Fsp3) is 0.571. The maximum absolute atomic E-state index is 12.2. The van der Waals surface area contributed by atoms with Crippen molar-refractivity contribution in [3.05, 3.63) is 24.2 Å². The molecule has 1 fully saturated rings. The van der Waals surface area contributed by atoms with Crippen LogP contribution in [0.5, 0.6) is 0 Å². The van der Waals surface area contributed by atoms with Crippen molar-refractivity contribution in [1.82, 2.24) is 4.90 Å². The van der Waals surface area contributed by atoms with Crippen LogP contribution in [-0.2, 0) is 4.79 Å². The van der Waals surface area contributed by atoms with E-state index < -0.39 is 5.97 Å². The van der Waals surface area contributed by atoms with Gasteiger partial charge in [0.1, 0.15) is 0 Å². The minimum absolute atomic E-state index is 0.0877. The second-order valence-corrected chi connectivity index (χ2v) is 5.21. The van der Waals surface area contributed by atoms with Crippen LogP contribution in [-0.4, -0.2) is 35.0 Å². The fourth-order valence-electron chi connectivity index (χ4n) is 2.66. The summed E-state index contributed by atoms with van der Waals surface area (Å²) in [5.41, 5.74) is 0. The molecule has 1 N–H and O–H groups in total. The molecule has 5 heteroatoms. The van der Waals surface area contributed by atoms with Gasteiger partial charge in [-0.3, -0.25) is 9.59 Å². The molecule has 0 spiro atoms. The summed E-state index contributed by atoms with van der Waals surface area (Å²) in [5, 5.41) is 8.84. The van der Waals surface area contributed by atoms with Crippen molar-refractivity contribution in [3.8, 4) is 0 Å². The summed E-state index contributed by atoms with van der Waals surface area (Å²) in [6.07, 6.45) is 3.55. The molecule has 1 aromatic heterocycles. The van der Waals surface area contributed by atoms with Crippen molar-refractivity contribution in [2.75, 3.05) is 13.1 Å². The van der Waals surface area contributed by atoms with Crippen molar-refractivity contribution in [2.45, 2.75) is 26.2 Å². The van der Waals surface area contributed by atoms with Crippen LogP contribution in [0.25, 0.3) is 0 Å². The van der Waals surface area contributed by atoms with Crippen molar-refractivity contribution >= 4 is 11.9 Å². The van der Waals surface area contributed by atoms with Gasteiger partial charge in [-0.15, -0.1) is 0 Å². The minimum atomic E-state index is -0.776. The van der Waals surface area contributed by atoms with Gasteiger partial charge in [-0.05, 0) is 36.8 Å². The normalized spacial score (nSPS) is 21.1. The molecule has 1 aromatic rings. The monoisotopic (exact) mass is 265 g/mol. The molecule has 0 saturated carbocycles. The van der Waals surface area contributed by atoms with E-state index in [4.69, 9.17) is 9.52 Å². The van der Waals surface area contributed by atoms with Crippen LogP contribution in [0.1, 0.15) is 36.7 Å². The number of nitrogens with zero attached hydrogens (tertiary/aromatic N) is 1. The molecular weight excluding hydrogens is 246 g/mol. The third kappa shape index (κ3) is 3.36. The number of amides is 1. The Kier molecular flexibility index (Phi) is 4.24. The van der Waals surface area contributed by atoms with E-state index in [2.05, 4.69) is 0 Å². The van der Waals surface area contributed by atoms with Crippen LogP contribution >= 0.6 is 0 Å². The third-order valence-corrected chi connectivity index (χ3v) is 3.78. The Balaban J connectivity index is 1.97. The highest BCUT2D eigenvalue weighted by Crippen LogP contribution is 2.27. The van der Waals surface area contributed by atoms with Gasteiger partial charge in [0.05, 0.1) is 6.26 Å². The fourth-order valence-corrected chi connectivity index (χ4v) is 2.66. The van der Waals surface area contributed by atoms with Gasteiger partial charge in [-0.2, -0.15) is 0 Å². The first-order chi connectivity index (χ1) is 9.08. The molecule has 104 valence electrons. The predicted molar refractivity (Wildman–Crippen MR) is 68.8 cm³/mol. The molecule has 0 radical (unpaired) electrons. The standard InChI is InChI=1S/C14H19NO4/c1-10(8-13(16)17)11-4-2-6-15(9-11)14(18)12-5-3-7-19-12/h3,5,7,10-11H,2,4,6,8-9H2,1H3,(H,16,17). The van der Waals surface area contributed by atoms with Gasteiger partial charge in [-0.1, -0.05) is 6.92 Å². The molecule has 1 aliphatic heterocycles. The summed E-state index contributed by atoms with van der Waals surface area (Å²) in [6, 6.07) is 3.36. The molecule has 2 atom stereocenters. The summed E-state index contributed by atoms with van der Waals surface area (Å²) in [4.78, 5) is 24.7. The Morgan fingerprint density at radius 3 is 3.00 bits per heavy atom. The average Bonchev–Trinajstić information content (AvgIpc) is 2.91. The number of likely N-dealkylation sites (tertiary alicyclic amines) is 1. The molecular formula is C14H19NO4. The van der Waals surface area contributed by atoms with Gasteiger partial charge in [0.2, 0.25) is 0 Å².